The van der Waals surface area contributed by atoms with Gasteiger partial charge in [-0.2, -0.15) is 0 Å². The fourth-order valence-electron chi connectivity index (χ4n) is 2.20. The van der Waals surface area contributed by atoms with Crippen LogP contribution < -0.4 is 5.32 Å². The van der Waals surface area contributed by atoms with E-state index in [0.717, 1.165) is 6.42 Å². The Hall–Kier alpha value is -0.820. The Morgan fingerprint density at radius 1 is 1.19 bits per heavy atom. The van der Waals surface area contributed by atoms with E-state index in [4.69, 9.17) is 0 Å². The van der Waals surface area contributed by atoms with Crippen molar-refractivity contribution in [2.45, 2.75) is 46.6 Å². The van der Waals surface area contributed by atoms with E-state index in [2.05, 4.69) is 64.3 Å². The first-order chi connectivity index (χ1) is 7.45. The summed E-state index contributed by atoms with van der Waals surface area (Å²) >= 11 is 0. The molecule has 0 amide bonds. The van der Waals surface area contributed by atoms with Crippen molar-refractivity contribution in [3.05, 3.63) is 35.4 Å². The Kier molecular flexibility index (Phi) is 4.55. The molecule has 1 aromatic rings. The highest BCUT2D eigenvalue weighted by Crippen LogP contribution is 2.23. The quantitative estimate of drug-likeness (QED) is 0.816. The van der Waals surface area contributed by atoms with Crippen molar-refractivity contribution in [3.63, 3.8) is 0 Å². The zero-order valence-corrected chi connectivity index (χ0v) is 11.3. The van der Waals surface area contributed by atoms with Crippen molar-refractivity contribution in [2.75, 3.05) is 7.05 Å². The molecule has 0 aliphatic rings. The van der Waals surface area contributed by atoms with Crippen LogP contribution in [0.2, 0.25) is 0 Å². The molecule has 90 valence electrons. The second-order valence-corrected chi connectivity index (χ2v) is 5.67. The summed E-state index contributed by atoms with van der Waals surface area (Å²) in [5.74, 6) is 0. The van der Waals surface area contributed by atoms with Gasteiger partial charge in [0.1, 0.15) is 0 Å². The summed E-state index contributed by atoms with van der Waals surface area (Å²) in [4.78, 5) is 0. The Bertz CT molecular complexity index is 322. The van der Waals surface area contributed by atoms with Crippen molar-refractivity contribution in [1.29, 1.82) is 0 Å². The monoisotopic (exact) mass is 219 g/mol. The van der Waals surface area contributed by atoms with Crippen molar-refractivity contribution >= 4 is 0 Å². The third kappa shape index (κ3) is 3.64. The standard InChI is InChI=1S/C15H25N/c1-12-8-6-7-9-13(12)10-11-14(16-5)15(2,3)4/h6-9,14,16H,10-11H2,1-5H3. The van der Waals surface area contributed by atoms with Gasteiger partial charge in [0.2, 0.25) is 0 Å². The maximum atomic E-state index is 3.43. The lowest BCUT2D eigenvalue weighted by atomic mass is 9.83. The van der Waals surface area contributed by atoms with Crippen LogP contribution in [0.1, 0.15) is 38.3 Å². The van der Waals surface area contributed by atoms with Crippen molar-refractivity contribution < 1.29 is 0 Å². The predicted octanol–water partition coefficient (Wildman–Crippen LogP) is 3.56. The molecule has 0 aliphatic carbocycles. The van der Waals surface area contributed by atoms with Gasteiger partial charge in [0.25, 0.3) is 0 Å². The van der Waals surface area contributed by atoms with Gasteiger partial charge in [0.05, 0.1) is 0 Å². The fraction of sp³-hybridized carbons (Fsp3) is 0.600. The lowest BCUT2D eigenvalue weighted by Crippen LogP contribution is -2.38. The van der Waals surface area contributed by atoms with E-state index in [1.54, 1.807) is 0 Å². The minimum Gasteiger partial charge on any atom is -0.316 e. The molecule has 1 heteroatoms. The summed E-state index contributed by atoms with van der Waals surface area (Å²) in [6, 6.07) is 9.25. The highest BCUT2D eigenvalue weighted by molar-refractivity contribution is 5.25. The largest absolute Gasteiger partial charge is 0.316 e. The van der Waals surface area contributed by atoms with Gasteiger partial charge in [0.15, 0.2) is 0 Å². The Labute approximate surface area is 100 Å². The molecule has 1 atom stereocenters. The molecule has 0 saturated carbocycles. The summed E-state index contributed by atoms with van der Waals surface area (Å²) in [7, 11) is 2.06. The van der Waals surface area contributed by atoms with Gasteiger partial charge in [-0.15, -0.1) is 0 Å². The minimum atomic E-state index is 0.331. The number of rotatable bonds is 4. The molecular formula is C15H25N. The van der Waals surface area contributed by atoms with Gasteiger partial charge in [-0.05, 0) is 43.4 Å². The molecule has 0 heterocycles. The summed E-state index contributed by atoms with van der Waals surface area (Å²) in [5.41, 5.74) is 3.22. The molecular weight excluding hydrogens is 194 g/mol. The van der Waals surface area contributed by atoms with Crippen LogP contribution >= 0.6 is 0 Å². The molecule has 0 saturated heterocycles. The molecule has 0 aromatic heterocycles. The fourth-order valence-corrected chi connectivity index (χ4v) is 2.20. The van der Waals surface area contributed by atoms with E-state index in [1.807, 2.05) is 0 Å². The molecule has 0 aliphatic heterocycles. The number of hydrogen-bond donors (Lipinski definition) is 1. The van der Waals surface area contributed by atoms with Gasteiger partial charge >= 0.3 is 0 Å². The normalized spacial score (nSPS) is 13.8. The van der Waals surface area contributed by atoms with E-state index >= 15 is 0 Å². The summed E-state index contributed by atoms with van der Waals surface area (Å²) in [5, 5.41) is 3.43. The van der Waals surface area contributed by atoms with Gasteiger partial charge in [-0.25, -0.2) is 0 Å². The van der Waals surface area contributed by atoms with E-state index < -0.39 is 0 Å². The summed E-state index contributed by atoms with van der Waals surface area (Å²) in [6.45, 7) is 9.09. The van der Waals surface area contributed by atoms with Gasteiger partial charge in [-0.1, -0.05) is 45.0 Å². The Morgan fingerprint density at radius 3 is 2.31 bits per heavy atom. The average molecular weight is 219 g/mol. The highest BCUT2D eigenvalue weighted by atomic mass is 14.9. The van der Waals surface area contributed by atoms with Crippen LogP contribution in [0.5, 0.6) is 0 Å². The average Bonchev–Trinajstić information content (AvgIpc) is 2.19. The van der Waals surface area contributed by atoms with Gasteiger partial charge in [-0.3, -0.25) is 0 Å². The Balaban J connectivity index is 2.60. The molecule has 1 aromatic carbocycles. The SMILES string of the molecule is CNC(CCc1ccccc1C)C(C)(C)C. The van der Waals surface area contributed by atoms with E-state index in [9.17, 15) is 0 Å². The summed E-state index contributed by atoms with van der Waals surface area (Å²) in [6.07, 6.45) is 2.36. The Morgan fingerprint density at radius 2 is 1.81 bits per heavy atom. The van der Waals surface area contributed by atoms with Crippen LogP contribution in [0.15, 0.2) is 24.3 Å². The first kappa shape index (κ1) is 13.2. The lowest BCUT2D eigenvalue weighted by molar-refractivity contribution is 0.268. The third-order valence-electron chi connectivity index (χ3n) is 3.36. The molecule has 0 radical (unpaired) electrons. The number of nitrogens with one attached hydrogen (secondary N) is 1. The maximum absolute atomic E-state index is 3.43. The number of benzene rings is 1. The molecule has 1 N–H and O–H groups in total. The van der Waals surface area contributed by atoms with Crippen LogP contribution in [-0.2, 0) is 6.42 Å². The second kappa shape index (κ2) is 5.49. The zero-order valence-electron chi connectivity index (χ0n) is 11.3. The summed E-state index contributed by atoms with van der Waals surface area (Å²) < 4.78 is 0. The molecule has 1 nitrogen and oxygen atoms in total. The lowest BCUT2D eigenvalue weighted by Gasteiger charge is -2.30. The minimum absolute atomic E-state index is 0.331. The predicted molar refractivity (Wildman–Crippen MR) is 71.8 cm³/mol. The molecule has 1 rings (SSSR count). The van der Waals surface area contributed by atoms with Gasteiger partial charge in [0, 0.05) is 6.04 Å². The molecule has 0 bridgehead atoms. The maximum Gasteiger partial charge on any atom is 0.0116 e. The van der Waals surface area contributed by atoms with Crippen molar-refractivity contribution in [1.82, 2.24) is 5.32 Å². The smallest absolute Gasteiger partial charge is 0.0116 e. The molecule has 16 heavy (non-hydrogen) atoms. The highest BCUT2D eigenvalue weighted by Gasteiger charge is 2.22. The van der Waals surface area contributed by atoms with Gasteiger partial charge < -0.3 is 5.32 Å². The molecule has 1 unspecified atom stereocenters. The second-order valence-electron chi connectivity index (χ2n) is 5.67. The first-order valence-electron chi connectivity index (χ1n) is 6.17. The van der Waals surface area contributed by atoms with E-state index in [-0.39, 0.29) is 0 Å². The number of aryl methyl sites for hydroxylation is 2. The van der Waals surface area contributed by atoms with Crippen LogP contribution in [0.3, 0.4) is 0 Å². The van der Waals surface area contributed by atoms with E-state index in [0.29, 0.717) is 11.5 Å². The van der Waals surface area contributed by atoms with Crippen molar-refractivity contribution in [2.24, 2.45) is 5.41 Å². The number of hydrogen-bond acceptors (Lipinski definition) is 1. The van der Waals surface area contributed by atoms with E-state index in [1.165, 1.54) is 17.5 Å². The molecule has 0 fully saturated rings. The molecule has 0 spiro atoms. The van der Waals surface area contributed by atoms with Crippen molar-refractivity contribution in [3.8, 4) is 0 Å². The zero-order chi connectivity index (χ0) is 12.2. The first-order valence-corrected chi connectivity index (χ1v) is 6.17. The topological polar surface area (TPSA) is 12.0 Å². The third-order valence-corrected chi connectivity index (χ3v) is 3.36. The van der Waals surface area contributed by atoms with Crippen LogP contribution in [0.25, 0.3) is 0 Å². The van der Waals surface area contributed by atoms with Crippen LogP contribution in [0.4, 0.5) is 0 Å². The van der Waals surface area contributed by atoms with Crippen LogP contribution in [-0.4, -0.2) is 13.1 Å². The van der Waals surface area contributed by atoms with Crippen LogP contribution in [0, 0.1) is 12.3 Å².